The molecule has 8 nitrogen and oxygen atoms in total. The number of benzene rings is 2. The lowest BCUT2D eigenvalue weighted by Gasteiger charge is -2.12. The number of aromatic nitrogens is 3. The number of carboxylic acid groups (broad SMARTS) is 1. The molecule has 34 heavy (non-hydrogen) atoms. The van der Waals surface area contributed by atoms with Crippen molar-refractivity contribution in [2.24, 2.45) is 0 Å². The van der Waals surface area contributed by atoms with E-state index >= 15 is 0 Å². The number of methoxy groups -OCH3 is 1. The zero-order chi connectivity index (χ0) is 24.2. The van der Waals surface area contributed by atoms with Crippen LogP contribution < -0.4 is 14.8 Å². The van der Waals surface area contributed by atoms with E-state index in [2.05, 4.69) is 15.3 Å². The number of ether oxygens (including phenoxy) is 2. The molecule has 0 aliphatic rings. The van der Waals surface area contributed by atoms with Gasteiger partial charge in [0.25, 0.3) is 0 Å². The summed E-state index contributed by atoms with van der Waals surface area (Å²) in [5.74, 6) is -0.0823. The average molecular weight is 485 g/mol. The number of rotatable bonds is 9. The Kier molecular flexibility index (Phi) is 6.83. The summed E-state index contributed by atoms with van der Waals surface area (Å²) in [6, 6.07) is 11.1. The number of carbonyl (C=O) groups is 1. The number of fused-ring (bicyclic) bond motifs is 1. The van der Waals surface area contributed by atoms with Crippen LogP contribution in [-0.2, 0) is 6.54 Å². The van der Waals surface area contributed by atoms with Crippen molar-refractivity contribution in [3.05, 3.63) is 65.3 Å². The summed E-state index contributed by atoms with van der Waals surface area (Å²) < 4.78 is 27.0. The van der Waals surface area contributed by atoms with Gasteiger partial charge in [-0.2, -0.15) is 0 Å². The highest BCUT2D eigenvalue weighted by Gasteiger charge is 2.16. The van der Waals surface area contributed by atoms with Gasteiger partial charge in [-0.1, -0.05) is 17.7 Å². The number of hydrogen-bond acceptors (Lipinski definition) is 6. The molecular formula is C24H22ClFN4O4. The predicted octanol–water partition coefficient (Wildman–Crippen LogP) is 5.11. The third-order valence-electron chi connectivity index (χ3n) is 5.26. The van der Waals surface area contributed by atoms with Crippen LogP contribution in [0.5, 0.6) is 11.5 Å². The SMILES string of the molecule is CCOc1cc(-c2cc(NCCn3c(Cl)cc4c(OC)ccc(F)c43)ncn2)ccc1C(=O)O. The molecule has 2 N–H and O–H groups in total. The lowest BCUT2D eigenvalue weighted by Crippen LogP contribution is -2.12. The van der Waals surface area contributed by atoms with Crippen LogP contribution in [0.25, 0.3) is 22.2 Å². The molecule has 0 atom stereocenters. The zero-order valence-electron chi connectivity index (χ0n) is 18.5. The fraction of sp³-hybridized carbons (Fsp3) is 0.208. The van der Waals surface area contributed by atoms with Crippen LogP contribution in [0, 0.1) is 5.82 Å². The second kappa shape index (κ2) is 9.96. The van der Waals surface area contributed by atoms with Crippen molar-refractivity contribution in [3.63, 3.8) is 0 Å². The number of hydrogen-bond donors (Lipinski definition) is 2. The van der Waals surface area contributed by atoms with Crippen molar-refractivity contribution in [3.8, 4) is 22.8 Å². The van der Waals surface area contributed by atoms with Crippen molar-refractivity contribution in [1.82, 2.24) is 14.5 Å². The Hall–Kier alpha value is -3.85. The van der Waals surface area contributed by atoms with Crippen LogP contribution in [0.1, 0.15) is 17.3 Å². The van der Waals surface area contributed by atoms with E-state index in [0.717, 1.165) is 0 Å². The molecule has 10 heteroatoms. The highest BCUT2D eigenvalue weighted by Crippen LogP contribution is 2.33. The van der Waals surface area contributed by atoms with E-state index < -0.39 is 5.97 Å². The van der Waals surface area contributed by atoms with Gasteiger partial charge in [-0.05, 0) is 37.3 Å². The van der Waals surface area contributed by atoms with Crippen molar-refractivity contribution in [1.29, 1.82) is 0 Å². The van der Waals surface area contributed by atoms with Crippen molar-refractivity contribution >= 4 is 34.3 Å². The van der Waals surface area contributed by atoms with E-state index in [0.29, 0.717) is 58.6 Å². The molecule has 0 saturated heterocycles. The van der Waals surface area contributed by atoms with E-state index in [-0.39, 0.29) is 17.1 Å². The minimum Gasteiger partial charge on any atom is -0.496 e. The summed E-state index contributed by atoms with van der Waals surface area (Å²) in [4.78, 5) is 19.9. The maximum atomic E-state index is 14.5. The number of halogens is 2. The molecule has 2 aromatic heterocycles. The summed E-state index contributed by atoms with van der Waals surface area (Å²) >= 11 is 6.36. The first-order valence-electron chi connectivity index (χ1n) is 10.5. The minimum atomic E-state index is -1.06. The monoisotopic (exact) mass is 484 g/mol. The topological polar surface area (TPSA) is 98.5 Å². The molecule has 4 aromatic rings. The Morgan fingerprint density at radius 1 is 1.18 bits per heavy atom. The summed E-state index contributed by atoms with van der Waals surface area (Å²) in [6.45, 7) is 2.92. The highest BCUT2D eigenvalue weighted by molar-refractivity contribution is 6.31. The molecule has 2 heterocycles. The minimum absolute atomic E-state index is 0.0812. The van der Waals surface area contributed by atoms with Gasteiger partial charge in [0.15, 0.2) is 0 Å². The number of carboxylic acids is 1. The van der Waals surface area contributed by atoms with Gasteiger partial charge < -0.3 is 24.5 Å². The van der Waals surface area contributed by atoms with E-state index in [4.69, 9.17) is 21.1 Å². The van der Waals surface area contributed by atoms with Crippen LogP contribution >= 0.6 is 11.6 Å². The molecule has 0 saturated carbocycles. The average Bonchev–Trinajstić information content (AvgIpc) is 3.16. The normalized spacial score (nSPS) is 10.9. The molecule has 0 aliphatic heterocycles. The van der Waals surface area contributed by atoms with Gasteiger partial charge in [0.05, 0.1) is 24.9 Å². The Morgan fingerprint density at radius 2 is 2.00 bits per heavy atom. The summed E-state index contributed by atoms with van der Waals surface area (Å²) in [5, 5.41) is 13.5. The standard InChI is InChI=1S/C24H22ClFN4O4/c1-3-34-20-10-14(4-5-15(20)24(31)32)18-12-22(29-13-28-18)27-8-9-30-21(25)11-16-19(33-2)7-6-17(26)23(16)30/h4-7,10-13H,3,8-9H2,1-2H3,(H,31,32)(H,27,28,29). The van der Waals surface area contributed by atoms with Crippen LogP contribution in [0.4, 0.5) is 10.2 Å². The number of nitrogens with zero attached hydrogens (tertiary/aromatic N) is 3. The largest absolute Gasteiger partial charge is 0.496 e. The van der Waals surface area contributed by atoms with Gasteiger partial charge in [0.2, 0.25) is 0 Å². The van der Waals surface area contributed by atoms with Crippen molar-refractivity contribution < 1.29 is 23.8 Å². The first kappa shape index (κ1) is 23.3. The van der Waals surface area contributed by atoms with Crippen LogP contribution in [-0.4, -0.2) is 45.9 Å². The van der Waals surface area contributed by atoms with E-state index in [9.17, 15) is 14.3 Å². The van der Waals surface area contributed by atoms with Gasteiger partial charge >= 0.3 is 5.97 Å². The van der Waals surface area contributed by atoms with Crippen molar-refractivity contribution in [2.45, 2.75) is 13.5 Å². The molecule has 0 unspecified atom stereocenters. The second-order valence-corrected chi connectivity index (χ2v) is 7.68. The maximum absolute atomic E-state index is 14.5. The molecule has 0 fully saturated rings. The Morgan fingerprint density at radius 3 is 2.74 bits per heavy atom. The second-order valence-electron chi connectivity index (χ2n) is 7.29. The van der Waals surface area contributed by atoms with Gasteiger partial charge in [0.1, 0.15) is 40.2 Å². The quantitative estimate of drug-likeness (QED) is 0.340. The van der Waals surface area contributed by atoms with E-state index in [1.165, 1.54) is 25.6 Å². The zero-order valence-corrected chi connectivity index (χ0v) is 19.3. The lowest BCUT2D eigenvalue weighted by atomic mass is 10.1. The fourth-order valence-corrected chi connectivity index (χ4v) is 4.00. The van der Waals surface area contributed by atoms with Gasteiger partial charge in [-0.15, -0.1) is 0 Å². The molecule has 2 aromatic carbocycles. The molecular weight excluding hydrogens is 463 g/mol. The Bertz CT molecular complexity index is 1360. The van der Waals surface area contributed by atoms with Gasteiger partial charge in [0, 0.05) is 30.1 Å². The molecule has 0 aliphatic carbocycles. The highest BCUT2D eigenvalue weighted by atomic mass is 35.5. The Balaban J connectivity index is 1.53. The molecule has 0 spiro atoms. The molecule has 176 valence electrons. The number of nitrogens with one attached hydrogen (secondary N) is 1. The summed E-state index contributed by atoms with van der Waals surface area (Å²) in [7, 11) is 1.53. The fourth-order valence-electron chi connectivity index (χ4n) is 3.72. The van der Waals surface area contributed by atoms with Crippen LogP contribution in [0.15, 0.2) is 48.8 Å². The summed E-state index contributed by atoms with van der Waals surface area (Å²) in [6.07, 6.45) is 1.41. The van der Waals surface area contributed by atoms with E-state index in [1.807, 2.05) is 0 Å². The number of aromatic carboxylic acids is 1. The molecule has 4 rings (SSSR count). The molecule has 0 radical (unpaired) electrons. The molecule has 0 bridgehead atoms. The lowest BCUT2D eigenvalue weighted by molar-refractivity contribution is 0.0692. The smallest absolute Gasteiger partial charge is 0.339 e. The Labute approximate surface area is 199 Å². The van der Waals surface area contributed by atoms with E-state index in [1.54, 1.807) is 41.8 Å². The first-order chi connectivity index (χ1) is 16.4. The third-order valence-corrected chi connectivity index (χ3v) is 5.57. The molecule has 0 amide bonds. The number of anilines is 1. The van der Waals surface area contributed by atoms with Crippen molar-refractivity contribution in [2.75, 3.05) is 25.6 Å². The van der Waals surface area contributed by atoms with Gasteiger partial charge in [-0.3, -0.25) is 0 Å². The van der Waals surface area contributed by atoms with Crippen LogP contribution in [0.3, 0.4) is 0 Å². The predicted molar refractivity (Wildman–Crippen MR) is 128 cm³/mol. The summed E-state index contributed by atoms with van der Waals surface area (Å²) in [5.41, 5.74) is 1.73. The van der Waals surface area contributed by atoms with Gasteiger partial charge in [-0.25, -0.2) is 19.2 Å². The van der Waals surface area contributed by atoms with Crippen LogP contribution in [0.2, 0.25) is 5.15 Å². The third kappa shape index (κ3) is 4.60. The maximum Gasteiger partial charge on any atom is 0.339 e. The first-order valence-corrected chi connectivity index (χ1v) is 10.9.